The van der Waals surface area contributed by atoms with Gasteiger partial charge in [0.05, 0.1) is 0 Å². The molecule has 3 aliphatic heterocycles. The van der Waals surface area contributed by atoms with Crippen molar-refractivity contribution >= 4 is 5.91 Å². The highest BCUT2D eigenvalue weighted by atomic mass is 16.2. The van der Waals surface area contributed by atoms with E-state index in [1.165, 1.54) is 11.1 Å². The van der Waals surface area contributed by atoms with Crippen LogP contribution in [0.3, 0.4) is 0 Å². The van der Waals surface area contributed by atoms with E-state index in [0.717, 1.165) is 52.1 Å². The summed E-state index contributed by atoms with van der Waals surface area (Å²) in [6.45, 7) is 6.52. The van der Waals surface area contributed by atoms with Crippen LogP contribution < -0.4 is 0 Å². The molecule has 25 heavy (non-hydrogen) atoms. The van der Waals surface area contributed by atoms with Crippen molar-refractivity contribution in [1.82, 2.24) is 14.7 Å². The van der Waals surface area contributed by atoms with E-state index >= 15 is 0 Å². The molecule has 0 spiro atoms. The van der Waals surface area contributed by atoms with Crippen LogP contribution in [0.1, 0.15) is 29.9 Å². The van der Waals surface area contributed by atoms with Crippen molar-refractivity contribution in [2.24, 2.45) is 10.8 Å². The molecule has 1 aliphatic carbocycles. The molecule has 4 nitrogen and oxygen atoms in total. The van der Waals surface area contributed by atoms with Crippen molar-refractivity contribution in [1.29, 1.82) is 0 Å². The maximum atomic E-state index is 13.1. The van der Waals surface area contributed by atoms with E-state index in [2.05, 4.69) is 53.1 Å². The summed E-state index contributed by atoms with van der Waals surface area (Å²) in [7, 11) is 4.49. The van der Waals surface area contributed by atoms with Crippen molar-refractivity contribution in [2.75, 3.05) is 53.4 Å². The predicted octanol–water partition coefficient (Wildman–Crippen LogP) is 1.81. The van der Waals surface area contributed by atoms with Crippen molar-refractivity contribution < 1.29 is 4.79 Å². The van der Waals surface area contributed by atoms with Crippen LogP contribution in [0.2, 0.25) is 0 Å². The molecule has 5 rings (SSSR count). The van der Waals surface area contributed by atoms with Crippen LogP contribution in [-0.2, 0) is 11.2 Å². The minimum Gasteiger partial charge on any atom is -0.341 e. The summed E-state index contributed by atoms with van der Waals surface area (Å²) in [4.78, 5) is 20.3. The Kier molecular flexibility index (Phi) is 3.36. The predicted molar refractivity (Wildman–Crippen MR) is 98.6 cm³/mol. The lowest BCUT2D eigenvalue weighted by molar-refractivity contribution is -0.131. The zero-order valence-electron chi connectivity index (χ0n) is 15.5. The highest BCUT2D eigenvalue weighted by Crippen LogP contribution is 2.56. The number of likely N-dealkylation sites (tertiary alicyclic amines) is 3. The standard InChI is InChI=1S/C21H29N3O/c1-22-10-20-12-23(2)13-21(20,11-22)15-24(14-20)19(25)9-17-8-7-16-5-3-4-6-18(16)17/h3-6,17H,7-15H2,1-2H3/t17-,20?,21?/m0/s1. The van der Waals surface area contributed by atoms with Crippen LogP contribution in [0.25, 0.3) is 0 Å². The number of amides is 1. The lowest BCUT2D eigenvalue weighted by atomic mass is 9.71. The van der Waals surface area contributed by atoms with Crippen LogP contribution in [-0.4, -0.2) is 74.0 Å². The number of benzene rings is 1. The Hall–Kier alpha value is -1.39. The van der Waals surface area contributed by atoms with Gasteiger partial charge in [-0.1, -0.05) is 24.3 Å². The normalized spacial score (nSPS) is 37.4. The molecular weight excluding hydrogens is 310 g/mol. The Balaban J connectivity index is 1.33. The van der Waals surface area contributed by atoms with Crippen LogP contribution in [0, 0.1) is 10.8 Å². The van der Waals surface area contributed by atoms with Crippen LogP contribution in [0.4, 0.5) is 0 Å². The minimum atomic E-state index is 0.305. The highest BCUT2D eigenvalue weighted by molar-refractivity contribution is 5.78. The zero-order valence-corrected chi connectivity index (χ0v) is 15.5. The second-order valence-electron chi connectivity index (χ2n) is 9.29. The fourth-order valence-electron chi connectivity index (χ4n) is 6.64. The first-order chi connectivity index (χ1) is 12.0. The summed E-state index contributed by atoms with van der Waals surface area (Å²) >= 11 is 0. The molecule has 0 N–H and O–H groups in total. The molecule has 4 heteroatoms. The molecule has 3 saturated heterocycles. The van der Waals surface area contributed by atoms with E-state index in [4.69, 9.17) is 0 Å². The number of nitrogens with zero attached hydrogens (tertiary/aromatic N) is 3. The summed E-state index contributed by atoms with van der Waals surface area (Å²) in [5, 5.41) is 0. The van der Waals surface area contributed by atoms with Gasteiger partial charge in [-0.2, -0.15) is 0 Å². The minimum absolute atomic E-state index is 0.305. The summed E-state index contributed by atoms with van der Waals surface area (Å²) < 4.78 is 0. The summed E-state index contributed by atoms with van der Waals surface area (Å²) in [6, 6.07) is 8.70. The first-order valence-corrected chi connectivity index (χ1v) is 9.73. The van der Waals surface area contributed by atoms with Crippen LogP contribution in [0.15, 0.2) is 24.3 Å². The zero-order chi connectivity index (χ0) is 17.2. The Bertz CT molecular complexity index is 677. The van der Waals surface area contributed by atoms with E-state index in [-0.39, 0.29) is 0 Å². The summed E-state index contributed by atoms with van der Waals surface area (Å²) in [5.74, 6) is 0.825. The molecule has 0 aromatic heterocycles. The number of aryl methyl sites for hydroxylation is 1. The fraction of sp³-hybridized carbons (Fsp3) is 0.667. The second kappa shape index (κ2) is 5.31. The van der Waals surface area contributed by atoms with Gasteiger partial charge in [-0.05, 0) is 44.0 Å². The highest BCUT2D eigenvalue weighted by Gasteiger charge is 2.66. The molecule has 0 saturated carbocycles. The molecular formula is C21H29N3O. The molecule has 1 atom stereocenters. The van der Waals surface area contributed by atoms with Gasteiger partial charge in [0.15, 0.2) is 0 Å². The molecule has 0 radical (unpaired) electrons. The third kappa shape index (κ3) is 2.23. The Morgan fingerprint density at radius 1 is 1.00 bits per heavy atom. The van der Waals surface area contributed by atoms with E-state index < -0.39 is 0 Å². The average Bonchev–Trinajstić information content (AvgIpc) is 3.19. The number of fused-ring (bicyclic) bond motifs is 1. The third-order valence-electron chi connectivity index (χ3n) is 7.43. The van der Waals surface area contributed by atoms with Crippen molar-refractivity contribution in [3.63, 3.8) is 0 Å². The lowest BCUT2D eigenvalue weighted by Gasteiger charge is -2.28. The van der Waals surface area contributed by atoms with Gasteiger partial charge < -0.3 is 14.7 Å². The number of hydrogen-bond acceptors (Lipinski definition) is 3. The molecule has 4 aliphatic rings. The Morgan fingerprint density at radius 2 is 1.60 bits per heavy atom. The van der Waals surface area contributed by atoms with Gasteiger partial charge in [0.25, 0.3) is 0 Å². The Labute approximate surface area is 150 Å². The van der Waals surface area contributed by atoms with Crippen LogP contribution >= 0.6 is 0 Å². The molecule has 1 amide bonds. The fourth-order valence-corrected chi connectivity index (χ4v) is 6.64. The van der Waals surface area contributed by atoms with Gasteiger partial charge in [-0.3, -0.25) is 4.79 Å². The molecule has 0 unspecified atom stereocenters. The molecule has 1 aromatic carbocycles. The molecule has 0 bridgehead atoms. The van der Waals surface area contributed by atoms with Crippen molar-refractivity contribution in [3.05, 3.63) is 35.4 Å². The monoisotopic (exact) mass is 339 g/mol. The molecule has 134 valence electrons. The second-order valence-corrected chi connectivity index (χ2v) is 9.29. The van der Waals surface area contributed by atoms with Gasteiger partial charge in [-0.25, -0.2) is 0 Å². The van der Waals surface area contributed by atoms with Gasteiger partial charge in [0, 0.05) is 56.5 Å². The van der Waals surface area contributed by atoms with E-state index in [1.807, 2.05) is 0 Å². The quantitative estimate of drug-likeness (QED) is 0.822. The van der Waals surface area contributed by atoms with Crippen molar-refractivity contribution in [3.8, 4) is 0 Å². The Morgan fingerprint density at radius 3 is 2.24 bits per heavy atom. The first kappa shape index (κ1) is 15.8. The number of carbonyl (C=O) groups is 1. The maximum Gasteiger partial charge on any atom is 0.223 e. The smallest absolute Gasteiger partial charge is 0.223 e. The lowest BCUT2D eigenvalue weighted by Crippen LogP contribution is -2.40. The summed E-state index contributed by atoms with van der Waals surface area (Å²) in [6.07, 6.45) is 2.98. The van der Waals surface area contributed by atoms with Crippen LogP contribution in [0.5, 0.6) is 0 Å². The molecule has 3 heterocycles. The van der Waals surface area contributed by atoms with E-state index in [9.17, 15) is 4.79 Å². The average molecular weight is 339 g/mol. The van der Waals surface area contributed by atoms with E-state index in [0.29, 0.717) is 29.1 Å². The summed E-state index contributed by atoms with van der Waals surface area (Å²) in [5.41, 5.74) is 3.49. The van der Waals surface area contributed by atoms with Gasteiger partial charge in [0.1, 0.15) is 0 Å². The third-order valence-corrected chi connectivity index (χ3v) is 7.43. The molecule has 3 fully saturated rings. The van der Waals surface area contributed by atoms with Gasteiger partial charge in [-0.15, -0.1) is 0 Å². The number of rotatable bonds is 2. The topological polar surface area (TPSA) is 26.8 Å². The van der Waals surface area contributed by atoms with E-state index in [1.54, 1.807) is 0 Å². The van der Waals surface area contributed by atoms with Crippen molar-refractivity contribution in [2.45, 2.75) is 25.2 Å². The number of hydrogen-bond donors (Lipinski definition) is 0. The maximum absolute atomic E-state index is 13.1. The van der Waals surface area contributed by atoms with Gasteiger partial charge in [0.2, 0.25) is 5.91 Å². The first-order valence-electron chi connectivity index (χ1n) is 9.73. The SMILES string of the molecule is CN1CC23CN(C)CC2(C1)CN(C(=O)C[C@@H]1CCc2ccccc21)C3. The largest absolute Gasteiger partial charge is 0.341 e. The number of carbonyl (C=O) groups excluding carboxylic acids is 1. The molecule has 1 aromatic rings. The van der Waals surface area contributed by atoms with Gasteiger partial charge >= 0.3 is 0 Å².